The third-order valence-corrected chi connectivity index (χ3v) is 5.03. The summed E-state index contributed by atoms with van der Waals surface area (Å²) in [5.74, 6) is -1.03. The van der Waals surface area contributed by atoms with Crippen LogP contribution >= 0.6 is 20.8 Å². The fourth-order valence-corrected chi connectivity index (χ4v) is 3.03. The van der Waals surface area contributed by atoms with Gasteiger partial charge in [0.2, 0.25) is 0 Å². The molecule has 1 fully saturated rings. The molecule has 138 valence electrons. The highest BCUT2D eigenvalue weighted by molar-refractivity contribution is 7.27. The number of halogens is 2. The minimum atomic E-state index is -0.755. The van der Waals surface area contributed by atoms with E-state index in [1.54, 1.807) is 12.1 Å². The average Bonchev–Trinajstić information content (AvgIpc) is 2.59. The maximum Gasteiger partial charge on any atom is 0.271 e. The summed E-state index contributed by atoms with van der Waals surface area (Å²) >= 11 is 5.96. The first-order valence-corrected chi connectivity index (χ1v) is 8.93. The van der Waals surface area contributed by atoms with Crippen molar-refractivity contribution in [3.05, 3.63) is 34.9 Å². The summed E-state index contributed by atoms with van der Waals surface area (Å²) in [4.78, 5) is 23.9. The summed E-state index contributed by atoms with van der Waals surface area (Å²) in [6, 6.07) is 4.76. The van der Waals surface area contributed by atoms with Crippen molar-refractivity contribution in [1.29, 1.82) is 0 Å². The van der Waals surface area contributed by atoms with Gasteiger partial charge in [0.1, 0.15) is 5.82 Å². The Bertz CT molecular complexity index is 844. The number of benzene rings is 1. The lowest BCUT2D eigenvalue weighted by atomic mass is 10.2. The molecule has 0 bridgehead atoms. The molecule has 26 heavy (non-hydrogen) atoms. The van der Waals surface area contributed by atoms with Crippen molar-refractivity contribution in [3.63, 3.8) is 0 Å². The predicted octanol–water partition coefficient (Wildman–Crippen LogP) is 1.36. The number of piperazine rings is 1. The zero-order valence-electron chi connectivity index (χ0n) is 14.2. The van der Waals surface area contributed by atoms with Gasteiger partial charge in [-0.2, -0.15) is 0 Å². The van der Waals surface area contributed by atoms with Crippen molar-refractivity contribution in [2.24, 2.45) is 5.73 Å². The van der Waals surface area contributed by atoms with Crippen LogP contribution in [-0.2, 0) is 0 Å². The molecule has 2 aromatic rings. The van der Waals surface area contributed by atoms with E-state index >= 15 is 0 Å². The highest BCUT2D eigenvalue weighted by Gasteiger charge is 2.19. The van der Waals surface area contributed by atoms with Gasteiger partial charge in [-0.25, -0.2) is 14.4 Å². The van der Waals surface area contributed by atoms with E-state index < -0.39 is 5.91 Å². The van der Waals surface area contributed by atoms with E-state index in [4.69, 9.17) is 17.3 Å². The van der Waals surface area contributed by atoms with Gasteiger partial charge in [-0.05, 0) is 25.2 Å². The molecule has 1 aliphatic heterocycles. The van der Waals surface area contributed by atoms with Crippen molar-refractivity contribution < 1.29 is 9.18 Å². The molecule has 1 aliphatic rings. The molecule has 0 saturated carbocycles. The molecular weight excluding hydrogens is 378 g/mol. The van der Waals surface area contributed by atoms with Gasteiger partial charge in [-0.15, -0.1) is 0 Å². The van der Waals surface area contributed by atoms with Crippen LogP contribution in [0.3, 0.4) is 0 Å². The zero-order chi connectivity index (χ0) is 18.8. The first-order valence-electron chi connectivity index (χ1n) is 7.98. The lowest BCUT2D eigenvalue weighted by Crippen LogP contribution is -2.44. The molecular formula is C16H19ClFN6OP. The SMILES string of the molecule is CN1CCN(c2ccc(Nc3nc(Cl)c(P)nc3C(N)=O)cc2F)CC1. The number of aromatic nitrogens is 2. The number of nitrogens with zero attached hydrogens (tertiary/aromatic N) is 4. The Morgan fingerprint density at radius 2 is 2.00 bits per heavy atom. The molecule has 1 atom stereocenters. The number of rotatable bonds is 4. The van der Waals surface area contributed by atoms with Gasteiger partial charge in [0.15, 0.2) is 16.7 Å². The van der Waals surface area contributed by atoms with E-state index in [9.17, 15) is 9.18 Å². The van der Waals surface area contributed by atoms with Gasteiger partial charge in [0, 0.05) is 31.9 Å². The molecule has 0 radical (unpaired) electrons. The summed E-state index contributed by atoms with van der Waals surface area (Å²) in [7, 11) is 4.32. The summed E-state index contributed by atoms with van der Waals surface area (Å²) < 4.78 is 14.6. The first-order chi connectivity index (χ1) is 12.3. The number of likely N-dealkylation sites (N-methyl/N-ethyl adjacent to an activating group) is 1. The second-order valence-corrected chi connectivity index (χ2v) is 6.95. The average molecular weight is 397 g/mol. The number of carbonyl (C=O) groups excluding carboxylic acids is 1. The van der Waals surface area contributed by atoms with Crippen LogP contribution in [0.15, 0.2) is 18.2 Å². The third kappa shape index (κ3) is 4.03. The van der Waals surface area contributed by atoms with E-state index in [0.29, 0.717) is 16.8 Å². The van der Waals surface area contributed by atoms with Crippen LogP contribution in [0, 0.1) is 5.82 Å². The number of amides is 1. The van der Waals surface area contributed by atoms with Crippen LogP contribution in [-0.4, -0.2) is 54.0 Å². The Balaban J connectivity index is 1.84. The fraction of sp³-hybridized carbons (Fsp3) is 0.312. The van der Waals surface area contributed by atoms with E-state index in [2.05, 4.69) is 29.4 Å². The maximum atomic E-state index is 14.6. The predicted molar refractivity (Wildman–Crippen MR) is 104 cm³/mol. The van der Waals surface area contributed by atoms with Gasteiger partial charge in [0.25, 0.3) is 5.91 Å². The van der Waals surface area contributed by atoms with E-state index in [0.717, 1.165) is 26.2 Å². The van der Waals surface area contributed by atoms with Crippen molar-refractivity contribution in [2.75, 3.05) is 43.4 Å². The molecule has 3 rings (SSSR count). The second kappa shape index (κ2) is 7.70. The second-order valence-electron chi connectivity index (χ2n) is 6.04. The number of hydrogen-bond donors (Lipinski definition) is 2. The standard InChI is InChI=1S/C16H19ClFN6OP/c1-23-4-6-24(7-5-23)11-3-2-9(8-10(11)18)20-15-12(14(19)25)21-16(26)13(17)22-15/h2-3,8H,4-7,26H2,1H3,(H2,19,25)(H,20,22). The topological polar surface area (TPSA) is 87.4 Å². The van der Waals surface area contributed by atoms with E-state index in [1.165, 1.54) is 6.07 Å². The first kappa shape index (κ1) is 18.8. The Kier molecular flexibility index (Phi) is 5.55. The van der Waals surface area contributed by atoms with Crippen LogP contribution in [0.1, 0.15) is 10.5 Å². The number of nitrogens with one attached hydrogen (secondary N) is 1. The van der Waals surface area contributed by atoms with Crippen molar-refractivity contribution in [2.45, 2.75) is 0 Å². The molecule has 0 spiro atoms. The Hall–Kier alpha value is -2.02. The van der Waals surface area contributed by atoms with Gasteiger partial charge in [-0.1, -0.05) is 20.8 Å². The maximum absolute atomic E-state index is 14.6. The summed E-state index contributed by atoms with van der Waals surface area (Å²) in [5.41, 5.74) is 6.54. The van der Waals surface area contributed by atoms with Gasteiger partial charge >= 0.3 is 0 Å². The summed E-state index contributed by atoms with van der Waals surface area (Å²) in [6.07, 6.45) is 0. The molecule has 1 aromatic carbocycles. The van der Waals surface area contributed by atoms with Crippen LogP contribution < -0.4 is 21.4 Å². The number of primary amides is 1. The normalized spacial score (nSPS) is 15.2. The Labute approximate surface area is 157 Å². The van der Waals surface area contributed by atoms with Gasteiger partial charge in [-0.3, -0.25) is 4.79 Å². The van der Waals surface area contributed by atoms with Crippen LogP contribution in [0.2, 0.25) is 5.15 Å². The Morgan fingerprint density at radius 1 is 1.31 bits per heavy atom. The zero-order valence-corrected chi connectivity index (χ0v) is 16.1. The smallest absolute Gasteiger partial charge is 0.271 e. The van der Waals surface area contributed by atoms with E-state index in [1.807, 2.05) is 11.9 Å². The van der Waals surface area contributed by atoms with Crippen molar-refractivity contribution in [1.82, 2.24) is 14.9 Å². The van der Waals surface area contributed by atoms with Crippen LogP contribution in [0.5, 0.6) is 0 Å². The molecule has 1 saturated heterocycles. The lowest BCUT2D eigenvalue weighted by molar-refractivity contribution is 0.0996. The minimum absolute atomic E-state index is 0.0667. The number of nitrogens with two attached hydrogens (primary N) is 1. The van der Waals surface area contributed by atoms with E-state index in [-0.39, 0.29) is 22.5 Å². The number of hydrogen-bond acceptors (Lipinski definition) is 6. The quantitative estimate of drug-likeness (QED) is 0.759. The molecule has 7 nitrogen and oxygen atoms in total. The summed E-state index contributed by atoms with van der Waals surface area (Å²) in [5, 5.41) is 2.97. The molecule has 1 amide bonds. The molecule has 1 aromatic heterocycles. The lowest BCUT2D eigenvalue weighted by Gasteiger charge is -2.34. The molecule has 1 unspecified atom stereocenters. The highest BCUT2D eigenvalue weighted by atomic mass is 35.5. The Morgan fingerprint density at radius 3 is 2.62 bits per heavy atom. The number of carbonyl (C=O) groups is 1. The summed E-state index contributed by atoms with van der Waals surface area (Å²) in [6.45, 7) is 3.30. The van der Waals surface area contributed by atoms with Crippen LogP contribution in [0.25, 0.3) is 0 Å². The van der Waals surface area contributed by atoms with Crippen LogP contribution in [0.4, 0.5) is 21.6 Å². The van der Waals surface area contributed by atoms with Gasteiger partial charge < -0.3 is 20.9 Å². The molecule has 10 heteroatoms. The molecule has 2 heterocycles. The minimum Gasteiger partial charge on any atom is -0.367 e. The van der Waals surface area contributed by atoms with Crippen molar-refractivity contribution >= 4 is 49.4 Å². The molecule has 3 N–H and O–H groups in total. The monoisotopic (exact) mass is 396 g/mol. The highest BCUT2D eigenvalue weighted by Crippen LogP contribution is 2.26. The fourth-order valence-electron chi connectivity index (χ4n) is 2.71. The third-order valence-electron chi connectivity index (χ3n) is 4.17. The van der Waals surface area contributed by atoms with Gasteiger partial charge in [0.05, 0.1) is 11.1 Å². The largest absolute Gasteiger partial charge is 0.367 e. The number of anilines is 3. The van der Waals surface area contributed by atoms with Crippen molar-refractivity contribution in [3.8, 4) is 0 Å². The molecule has 0 aliphatic carbocycles.